The van der Waals surface area contributed by atoms with Crippen molar-refractivity contribution in [1.82, 2.24) is 20.2 Å². The SMILES string of the molecule is CCC[N+]1(Cc2ccc(-c3ccccc3-c3nnnn3C(c3ccccc3)(c3ccccc3)c3ccccc3)cc2)C=CC=C1C(=O)O. The van der Waals surface area contributed by atoms with Gasteiger partial charge in [0.1, 0.15) is 18.3 Å². The van der Waals surface area contributed by atoms with Crippen molar-refractivity contribution in [1.29, 1.82) is 0 Å². The van der Waals surface area contributed by atoms with Gasteiger partial charge in [0.05, 0.1) is 6.54 Å². The third kappa shape index (κ3) is 5.34. The van der Waals surface area contributed by atoms with Gasteiger partial charge < -0.3 is 5.11 Å². The van der Waals surface area contributed by atoms with Gasteiger partial charge in [-0.15, -0.1) is 5.10 Å². The number of carbonyl (C=O) groups is 1. The summed E-state index contributed by atoms with van der Waals surface area (Å²) in [6.45, 7) is 3.37. The first-order valence-corrected chi connectivity index (χ1v) is 16.2. The predicted octanol–water partition coefficient (Wildman–Crippen LogP) is 8.07. The van der Waals surface area contributed by atoms with Gasteiger partial charge in [-0.25, -0.2) is 9.48 Å². The Bertz CT molecular complexity index is 1990. The Morgan fingerprint density at radius 1 is 0.729 bits per heavy atom. The second-order valence-electron chi connectivity index (χ2n) is 12.1. The van der Waals surface area contributed by atoms with Crippen molar-refractivity contribution in [3.8, 4) is 22.5 Å². The fourth-order valence-electron chi connectivity index (χ4n) is 7.13. The summed E-state index contributed by atoms with van der Waals surface area (Å²) < 4.78 is 2.26. The minimum atomic E-state index is -0.880. The molecule has 0 fully saturated rings. The molecule has 48 heavy (non-hydrogen) atoms. The van der Waals surface area contributed by atoms with E-state index in [0.29, 0.717) is 29.1 Å². The smallest absolute Gasteiger partial charge is 0.390 e. The van der Waals surface area contributed by atoms with Crippen molar-refractivity contribution >= 4 is 5.97 Å². The van der Waals surface area contributed by atoms with Crippen LogP contribution in [-0.2, 0) is 16.9 Å². The molecule has 236 valence electrons. The van der Waals surface area contributed by atoms with Crippen LogP contribution >= 0.6 is 0 Å². The molecule has 1 atom stereocenters. The fourth-order valence-corrected chi connectivity index (χ4v) is 7.13. The molecule has 1 aromatic heterocycles. The van der Waals surface area contributed by atoms with Crippen LogP contribution in [0.1, 0.15) is 35.6 Å². The van der Waals surface area contributed by atoms with Gasteiger partial charge >= 0.3 is 5.97 Å². The van der Waals surface area contributed by atoms with Gasteiger partial charge in [0.15, 0.2) is 5.82 Å². The lowest BCUT2D eigenvalue weighted by Gasteiger charge is -2.36. The van der Waals surface area contributed by atoms with E-state index in [1.807, 2.05) is 47.3 Å². The Morgan fingerprint density at radius 2 is 1.27 bits per heavy atom. The van der Waals surface area contributed by atoms with Crippen molar-refractivity contribution < 1.29 is 14.4 Å². The molecule has 1 aliphatic heterocycles. The third-order valence-electron chi connectivity index (χ3n) is 9.21. The number of hydrogen-bond donors (Lipinski definition) is 1. The predicted molar refractivity (Wildman–Crippen MR) is 187 cm³/mol. The maximum atomic E-state index is 12.1. The number of hydrogen-bond acceptors (Lipinski definition) is 4. The van der Waals surface area contributed by atoms with E-state index in [9.17, 15) is 9.90 Å². The van der Waals surface area contributed by atoms with Crippen LogP contribution in [0.5, 0.6) is 0 Å². The first-order chi connectivity index (χ1) is 23.6. The second kappa shape index (κ2) is 13.1. The lowest BCUT2D eigenvalue weighted by Crippen LogP contribution is -2.42. The Labute approximate surface area is 280 Å². The van der Waals surface area contributed by atoms with E-state index in [4.69, 9.17) is 5.21 Å². The quantitative estimate of drug-likeness (QED) is 0.116. The lowest BCUT2D eigenvalue weighted by atomic mass is 9.77. The number of tetrazole rings is 1. The maximum Gasteiger partial charge on any atom is 0.390 e. The average Bonchev–Trinajstić information content (AvgIpc) is 3.79. The molecule has 7 rings (SSSR count). The van der Waals surface area contributed by atoms with Crippen LogP contribution in [0, 0.1) is 0 Å². The highest BCUT2D eigenvalue weighted by Crippen LogP contribution is 2.43. The molecule has 0 saturated heterocycles. The number of nitrogens with zero attached hydrogens (tertiary/aromatic N) is 5. The zero-order chi connectivity index (χ0) is 33.0. The Morgan fingerprint density at radius 3 is 1.81 bits per heavy atom. The highest BCUT2D eigenvalue weighted by Gasteiger charge is 2.42. The number of aromatic nitrogens is 4. The summed E-state index contributed by atoms with van der Waals surface area (Å²) in [5.41, 5.74) is 6.61. The highest BCUT2D eigenvalue weighted by atomic mass is 16.4. The summed E-state index contributed by atoms with van der Waals surface area (Å²) >= 11 is 0. The summed E-state index contributed by atoms with van der Waals surface area (Å²) in [6.07, 6.45) is 6.43. The normalized spacial score (nSPS) is 15.7. The molecular formula is C41H36N5O2+. The molecule has 0 amide bonds. The number of aliphatic carboxylic acids is 1. The molecule has 5 aromatic carbocycles. The first kappa shape index (κ1) is 30.7. The Kier molecular flexibility index (Phi) is 8.36. The molecule has 1 unspecified atom stereocenters. The first-order valence-electron chi connectivity index (χ1n) is 16.2. The molecule has 0 bridgehead atoms. The van der Waals surface area contributed by atoms with Gasteiger partial charge in [-0.1, -0.05) is 146 Å². The number of carboxylic acid groups (broad SMARTS) is 1. The molecule has 0 spiro atoms. The maximum absolute atomic E-state index is 12.1. The van der Waals surface area contributed by atoms with E-state index in [-0.39, 0.29) is 0 Å². The Hall–Kier alpha value is -5.92. The molecule has 7 heteroatoms. The highest BCUT2D eigenvalue weighted by molar-refractivity contribution is 5.85. The fraction of sp³-hybridized carbons (Fsp3) is 0.122. The number of carboxylic acids is 1. The molecule has 7 nitrogen and oxygen atoms in total. The van der Waals surface area contributed by atoms with Gasteiger partial charge in [-0.2, -0.15) is 0 Å². The van der Waals surface area contributed by atoms with Crippen LogP contribution in [0.25, 0.3) is 22.5 Å². The van der Waals surface area contributed by atoms with Gasteiger partial charge in [0, 0.05) is 17.2 Å². The summed E-state index contributed by atoms with van der Waals surface area (Å²) in [7, 11) is 0. The topological polar surface area (TPSA) is 80.9 Å². The minimum absolute atomic E-state index is 0.303. The number of benzene rings is 5. The van der Waals surface area contributed by atoms with E-state index in [0.717, 1.165) is 45.4 Å². The minimum Gasteiger partial charge on any atom is -0.474 e. The van der Waals surface area contributed by atoms with Crippen molar-refractivity contribution in [3.63, 3.8) is 0 Å². The van der Waals surface area contributed by atoms with E-state index in [1.54, 1.807) is 6.08 Å². The average molecular weight is 631 g/mol. The van der Waals surface area contributed by atoms with Gasteiger partial charge in [-0.05, 0) is 50.7 Å². The number of quaternary nitrogens is 1. The van der Waals surface area contributed by atoms with Crippen molar-refractivity contribution in [3.05, 3.63) is 186 Å². The molecule has 1 aliphatic rings. The molecular weight excluding hydrogens is 594 g/mol. The molecule has 1 N–H and O–H groups in total. The molecule has 6 aromatic rings. The third-order valence-corrected chi connectivity index (χ3v) is 9.21. The van der Waals surface area contributed by atoms with Crippen LogP contribution in [0.4, 0.5) is 0 Å². The Balaban J connectivity index is 1.35. The van der Waals surface area contributed by atoms with E-state index in [2.05, 4.69) is 126 Å². The monoisotopic (exact) mass is 630 g/mol. The summed E-state index contributed by atoms with van der Waals surface area (Å²) in [6, 6.07) is 47.8. The van der Waals surface area contributed by atoms with Crippen molar-refractivity contribution in [2.75, 3.05) is 6.54 Å². The zero-order valence-corrected chi connectivity index (χ0v) is 26.7. The lowest BCUT2D eigenvalue weighted by molar-refractivity contribution is -0.849. The molecule has 0 radical (unpaired) electrons. The number of rotatable bonds is 11. The van der Waals surface area contributed by atoms with E-state index >= 15 is 0 Å². The summed E-state index contributed by atoms with van der Waals surface area (Å²) in [5.74, 6) is -0.244. The van der Waals surface area contributed by atoms with Gasteiger partial charge in [0.2, 0.25) is 5.70 Å². The summed E-state index contributed by atoms with van der Waals surface area (Å²) in [4.78, 5) is 12.1. The van der Waals surface area contributed by atoms with Crippen molar-refractivity contribution in [2.24, 2.45) is 0 Å². The van der Waals surface area contributed by atoms with Crippen molar-refractivity contribution in [2.45, 2.75) is 25.4 Å². The van der Waals surface area contributed by atoms with Crippen LogP contribution in [0.2, 0.25) is 0 Å². The second-order valence-corrected chi connectivity index (χ2v) is 12.1. The van der Waals surface area contributed by atoms with Crippen LogP contribution in [0.3, 0.4) is 0 Å². The molecule has 2 heterocycles. The van der Waals surface area contributed by atoms with Crippen LogP contribution in [-0.4, -0.2) is 42.3 Å². The summed E-state index contributed by atoms with van der Waals surface area (Å²) in [5, 5.41) is 23.6. The van der Waals surface area contributed by atoms with E-state index in [1.165, 1.54) is 0 Å². The zero-order valence-electron chi connectivity index (χ0n) is 26.7. The van der Waals surface area contributed by atoms with Crippen LogP contribution < -0.4 is 0 Å². The molecule has 0 aliphatic carbocycles. The van der Waals surface area contributed by atoms with Gasteiger partial charge in [-0.3, -0.25) is 4.48 Å². The molecule has 0 saturated carbocycles. The number of allylic oxidation sites excluding steroid dienone is 2. The standard InChI is InChI=1S/C41H35N5O2/c1-2-28-46(29-14-23-38(46)40(47)48)30-31-24-26-32(27-25-31)36-21-12-13-22-37(36)39-42-43-44-45(39)41(33-15-6-3-7-16-33,34-17-8-4-9-18-34)35-19-10-5-11-20-35/h3-27,29H,2,28,30H2,1H3/p+1. The van der Waals surface area contributed by atoms with Gasteiger partial charge in [0.25, 0.3) is 0 Å². The van der Waals surface area contributed by atoms with E-state index < -0.39 is 11.5 Å². The van der Waals surface area contributed by atoms with Crippen LogP contribution in [0.15, 0.2) is 164 Å². The largest absolute Gasteiger partial charge is 0.474 e.